The maximum atomic E-state index is 12.3. The summed E-state index contributed by atoms with van der Waals surface area (Å²) in [6.07, 6.45) is 3.14. The van der Waals surface area contributed by atoms with Crippen LogP contribution in [0.4, 0.5) is 10.5 Å². The molecular weight excluding hydrogens is 266 g/mol. The molecule has 2 aromatic rings. The van der Waals surface area contributed by atoms with Crippen molar-refractivity contribution < 1.29 is 4.79 Å². The minimum atomic E-state index is -0.199. The summed E-state index contributed by atoms with van der Waals surface area (Å²) in [6, 6.07) is 5.18. The molecule has 0 bridgehead atoms. The number of carbonyl (C=O) groups excluding carboxylic acids is 1. The smallest absolute Gasteiger partial charge is 0.319 e. The van der Waals surface area contributed by atoms with Gasteiger partial charge in [0.05, 0.1) is 23.1 Å². The Hall–Kier alpha value is -2.50. The standard InChI is InChI=1S/C15H19N5O/c1-10-5-6-13(11(2)18-10)19-15(21)20(4)12(3)14-7-8-16-9-17-14/h5-9,12H,1-4H3,(H,19,21). The number of hydrogen-bond acceptors (Lipinski definition) is 4. The predicted octanol–water partition coefficient (Wildman–Crippen LogP) is 2.71. The summed E-state index contributed by atoms with van der Waals surface area (Å²) >= 11 is 0. The molecule has 6 heteroatoms. The number of rotatable bonds is 3. The van der Waals surface area contributed by atoms with Crippen molar-refractivity contribution in [3.63, 3.8) is 0 Å². The Morgan fingerprint density at radius 2 is 2.05 bits per heavy atom. The van der Waals surface area contributed by atoms with Gasteiger partial charge in [0.1, 0.15) is 6.33 Å². The monoisotopic (exact) mass is 285 g/mol. The third-order valence-corrected chi connectivity index (χ3v) is 3.40. The number of hydrogen-bond donors (Lipinski definition) is 1. The fraction of sp³-hybridized carbons (Fsp3) is 0.333. The first-order chi connectivity index (χ1) is 9.99. The highest BCUT2D eigenvalue weighted by Gasteiger charge is 2.19. The summed E-state index contributed by atoms with van der Waals surface area (Å²) in [6.45, 7) is 5.71. The SMILES string of the molecule is Cc1ccc(NC(=O)N(C)C(C)c2ccncn2)c(C)n1. The largest absolute Gasteiger partial charge is 0.322 e. The lowest BCUT2D eigenvalue weighted by Crippen LogP contribution is -2.34. The molecule has 1 atom stereocenters. The molecular formula is C15H19N5O. The highest BCUT2D eigenvalue weighted by Crippen LogP contribution is 2.18. The van der Waals surface area contributed by atoms with E-state index in [1.54, 1.807) is 24.2 Å². The second-order valence-electron chi connectivity index (χ2n) is 4.94. The fourth-order valence-electron chi connectivity index (χ4n) is 1.94. The highest BCUT2D eigenvalue weighted by molar-refractivity contribution is 5.89. The van der Waals surface area contributed by atoms with Crippen LogP contribution in [0.25, 0.3) is 0 Å². The molecule has 0 spiro atoms. The Morgan fingerprint density at radius 3 is 2.67 bits per heavy atom. The van der Waals surface area contributed by atoms with E-state index in [0.29, 0.717) is 5.69 Å². The lowest BCUT2D eigenvalue weighted by atomic mass is 10.2. The van der Waals surface area contributed by atoms with E-state index in [2.05, 4.69) is 20.3 Å². The van der Waals surface area contributed by atoms with Gasteiger partial charge in [-0.1, -0.05) is 0 Å². The molecule has 21 heavy (non-hydrogen) atoms. The Kier molecular flexibility index (Phi) is 4.47. The highest BCUT2D eigenvalue weighted by atomic mass is 16.2. The summed E-state index contributed by atoms with van der Waals surface area (Å²) in [5.74, 6) is 0. The van der Waals surface area contributed by atoms with Crippen molar-refractivity contribution in [3.05, 3.63) is 47.8 Å². The second-order valence-corrected chi connectivity index (χ2v) is 4.94. The van der Waals surface area contributed by atoms with Crippen molar-refractivity contribution in [2.75, 3.05) is 12.4 Å². The predicted molar refractivity (Wildman–Crippen MR) is 80.9 cm³/mol. The lowest BCUT2D eigenvalue weighted by molar-refractivity contribution is 0.207. The summed E-state index contributed by atoms with van der Waals surface area (Å²) in [5, 5.41) is 2.87. The van der Waals surface area contributed by atoms with Gasteiger partial charge >= 0.3 is 6.03 Å². The van der Waals surface area contributed by atoms with Crippen molar-refractivity contribution in [3.8, 4) is 0 Å². The number of nitrogens with zero attached hydrogens (tertiary/aromatic N) is 4. The van der Waals surface area contributed by atoms with Crippen LogP contribution in [0.5, 0.6) is 0 Å². The molecule has 0 aromatic carbocycles. The van der Waals surface area contributed by atoms with Gasteiger partial charge in [-0.05, 0) is 39.0 Å². The zero-order valence-corrected chi connectivity index (χ0v) is 12.7. The van der Waals surface area contributed by atoms with Gasteiger partial charge in [-0.3, -0.25) is 4.98 Å². The molecule has 0 radical (unpaired) electrons. The molecule has 1 unspecified atom stereocenters. The van der Waals surface area contributed by atoms with Gasteiger partial charge < -0.3 is 10.2 Å². The van der Waals surface area contributed by atoms with E-state index in [1.807, 2.05) is 32.9 Å². The number of amides is 2. The van der Waals surface area contributed by atoms with Crippen LogP contribution < -0.4 is 5.32 Å². The van der Waals surface area contributed by atoms with Gasteiger partial charge in [0.2, 0.25) is 0 Å². The van der Waals surface area contributed by atoms with Gasteiger partial charge in [0, 0.05) is 18.9 Å². The van der Waals surface area contributed by atoms with E-state index in [-0.39, 0.29) is 12.1 Å². The number of carbonyl (C=O) groups is 1. The van der Waals surface area contributed by atoms with Gasteiger partial charge in [0.15, 0.2) is 0 Å². The Balaban J connectivity index is 2.09. The van der Waals surface area contributed by atoms with Crippen molar-refractivity contribution in [1.29, 1.82) is 0 Å². The van der Waals surface area contributed by atoms with E-state index in [0.717, 1.165) is 17.1 Å². The van der Waals surface area contributed by atoms with Gasteiger partial charge in [-0.25, -0.2) is 14.8 Å². The summed E-state index contributed by atoms with van der Waals surface area (Å²) < 4.78 is 0. The van der Waals surface area contributed by atoms with E-state index in [4.69, 9.17) is 0 Å². The molecule has 2 amide bonds. The van der Waals surface area contributed by atoms with Crippen LogP contribution >= 0.6 is 0 Å². The van der Waals surface area contributed by atoms with Crippen LogP contribution in [-0.2, 0) is 0 Å². The summed E-state index contributed by atoms with van der Waals surface area (Å²) in [7, 11) is 1.74. The number of nitrogens with one attached hydrogen (secondary N) is 1. The second kappa shape index (κ2) is 6.30. The van der Waals surface area contributed by atoms with Crippen molar-refractivity contribution in [2.45, 2.75) is 26.8 Å². The minimum absolute atomic E-state index is 0.147. The summed E-state index contributed by atoms with van der Waals surface area (Å²) in [4.78, 5) is 26.3. The zero-order valence-electron chi connectivity index (χ0n) is 12.7. The van der Waals surface area contributed by atoms with Gasteiger partial charge in [0.25, 0.3) is 0 Å². The van der Waals surface area contributed by atoms with Gasteiger partial charge in [-0.2, -0.15) is 0 Å². The molecule has 0 fully saturated rings. The maximum Gasteiger partial charge on any atom is 0.322 e. The van der Waals surface area contributed by atoms with Crippen LogP contribution in [0.2, 0.25) is 0 Å². The number of urea groups is 1. The van der Waals surface area contributed by atoms with Crippen molar-refractivity contribution in [1.82, 2.24) is 19.9 Å². The number of anilines is 1. The molecule has 2 rings (SSSR count). The van der Waals surface area contributed by atoms with Crippen LogP contribution in [-0.4, -0.2) is 32.9 Å². The number of pyridine rings is 1. The minimum Gasteiger partial charge on any atom is -0.319 e. The van der Waals surface area contributed by atoms with Crippen molar-refractivity contribution in [2.24, 2.45) is 0 Å². The molecule has 110 valence electrons. The molecule has 0 saturated heterocycles. The van der Waals surface area contributed by atoms with Crippen LogP contribution in [0.1, 0.15) is 30.0 Å². The maximum absolute atomic E-state index is 12.3. The average Bonchev–Trinajstić information content (AvgIpc) is 2.49. The zero-order chi connectivity index (χ0) is 15.4. The molecule has 2 heterocycles. The molecule has 0 saturated carbocycles. The average molecular weight is 285 g/mol. The molecule has 0 aliphatic carbocycles. The topological polar surface area (TPSA) is 71.0 Å². The van der Waals surface area contributed by atoms with Gasteiger partial charge in [-0.15, -0.1) is 0 Å². The number of aryl methyl sites for hydroxylation is 2. The molecule has 0 aliphatic heterocycles. The molecule has 2 aromatic heterocycles. The summed E-state index contributed by atoms with van der Waals surface area (Å²) in [5.41, 5.74) is 3.23. The first-order valence-electron chi connectivity index (χ1n) is 6.73. The molecule has 6 nitrogen and oxygen atoms in total. The van der Waals surface area contributed by atoms with Crippen LogP contribution in [0.15, 0.2) is 30.7 Å². The van der Waals surface area contributed by atoms with E-state index < -0.39 is 0 Å². The Bertz CT molecular complexity index is 629. The van der Waals surface area contributed by atoms with Crippen LogP contribution in [0.3, 0.4) is 0 Å². The Morgan fingerprint density at radius 1 is 1.29 bits per heavy atom. The first kappa shape index (κ1) is 14.9. The fourth-order valence-corrected chi connectivity index (χ4v) is 1.94. The number of aromatic nitrogens is 3. The normalized spacial score (nSPS) is 11.8. The third-order valence-electron chi connectivity index (χ3n) is 3.40. The first-order valence-corrected chi connectivity index (χ1v) is 6.73. The quantitative estimate of drug-likeness (QED) is 0.941. The third kappa shape index (κ3) is 3.53. The lowest BCUT2D eigenvalue weighted by Gasteiger charge is -2.25. The van der Waals surface area contributed by atoms with E-state index in [1.165, 1.54) is 6.33 Å². The van der Waals surface area contributed by atoms with Crippen LogP contribution in [0, 0.1) is 13.8 Å². The van der Waals surface area contributed by atoms with E-state index in [9.17, 15) is 4.79 Å². The Labute approximate surface area is 124 Å². The molecule has 1 N–H and O–H groups in total. The van der Waals surface area contributed by atoms with E-state index >= 15 is 0 Å². The van der Waals surface area contributed by atoms with Crippen molar-refractivity contribution >= 4 is 11.7 Å². The molecule has 0 aliphatic rings.